The van der Waals surface area contributed by atoms with Crippen molar-refractivity contribution < 1.29 is 13.3 Å². The SMILES string of the molecule is CC(C)C(N)CCN(C)S(=O)(=O)c1ccccc1[N+](=O)[O-].Cl. The smallest absolute Gasteiger partial charge is 0.289 e. The summed E-state index contributed by atoms with van der Waals surface area (Å²) in [5.74, 6) is 0.243. The first kappa shape index (κ1) is 20.8. The Morgan fingerprint density at radius 2 is 1.86 bits per heavy atom. The van der Waals surface area contributed by atoms with Crippen molar-refractivity contribution in [3.8, 4) is 0 Å². The molecule has 1 rings (SSSR count). The first-order valence-electron chi connectivity index (χ1n) is 6.63. The number of benzene rings is 1. The second-order valence-corrected chi connectivity index (χ2v) is 7.26. The van der Waals surface area contributed by atoms with E-state index in [0.29, 0.717) is 6.42 Å². The normalized spacial score (nSPS) is 13.0. The van der Waals surface area contributed by atoms with Crippen molar-refractivity contribution >= 4 is 28.1 Å². The molecule has 0 saturated heterocycles. The average Bonchev–Trinajstić information content (AvgIpc) is 2.43. The molecule has 0 fully saturated rings. The van der Waals surface area contributed by atoms with Crippen molar-refractivity contribution in [3.05, 3.63) is 34.4 Å². The first-order valence-corrected chi connectivity index (χ1v) is 8.07. The van der Waals surface area contributed by atoms with E-state index in [1.165, 1.54) is 31.3 Å². The van der Waals surface area contributed by atoms with Gasteiger partial charge in [0.1, 0.15) is 0 Å². The molecular formula is C13H22ClN3O4S. The second kappa shape index (κ2) is 8.42. The largest absolute Gasteiger partial charge is 0.327 e. The van der Waals surface area contributed by atoms with E-state index in [9.17, 15) is 18.5 Å². The molecule has 1 unspecified atom stereocenters. The minimum atomic E-state index is -3.90. The number of sulfonamides is 1. The van der Waals surface area contributed by atoms with Gasteiger partial charge in [-0.05, 0) is 18.4 Å². The summed E-state index contributed by atoms with van der Waals surface area (Å²) in [6, 6.07) is 5.21. The summed E-state index contributed by atoms with van der Waals surface area (Å²) in [5, 5.41) is 10.9. The van der Waals surface area contributed by atoms with Crippen LogP contribution in [0.3, 0.4) is 0 Å². The molecule has 0 bridgehead atoms. The zero-order chi connectivity index (χ0) is 16.2. The lowest BCUT2D eigenvalue weighted by atomic mass is 10.0. The number of nitrogens with zero attached hydrogens (tertiary/aromatic N) is 2. The summed E-state index contributed by atoms with van der Waals surface area (Å²) in [4.78, 5) is 9.96. The van der Waals surface area contributed by atoms with E-state index in [1.54, 1.807) is 0 Å². The van der Waals surface area contributed by atoms with Crippen LogP contribution in [0.4, 0.5) is 5.69 Å². The van der Waals surface area contributed by atoms with Crippen LogP contribution in [-0.4, -0.2) is 37.3 Å². The number of nitro benzene ring substituents is 1. The van der Waals surface area contributed by atoms with Crippen LogP contribution >= 0.6 is 12.4 Å². The third-order valence-electron chi connectivity index (χ3n) is 3.38. The Morgan fingerprint density at radius 3 is 2.36 bits per heavy atom. The second-order valence-electron chi connectivity index (χ2n) is 5.25. The van der Waals surface area contributed by atoms with Crippen LogP contribution in [0.25, 0.3) is 0 Å². The van der Waals surface area contributed by atoms with E-state index in [2.05, 4.69) is 0 Å². The van der Waals surface area contributed by atoms with Gasteiger partial charge < -0.3 is 5.73 Å². The number of rotatable bonds is 7. The Balaban J connectivity index is 0.00000441. The van der Waals surface area contributed by atoms with E-state index in [1.807, 2.05) is 13.8 Å². The fourth-order valence-electron chi connectivity index (χ4n) is 1.78. The number of nitro groups is 1. The third-order valence-corrected chi connectivity index (χ3v) is 5.29. The van der Waals surface area contributed by atoms with Gasteiger partial charge in [-0.2, -0.15) is 0 Å². The zero-order valence-electron chi connectivity index (χ0n) is 12.8. The Labute approximate surface area is 137 Å². The fourth-order valence-corrected chi connectivity index (χ4v) is 3.12. The summed E-state index contributed by atoms with van der Waals surface area (Å²) in [5.41, 5.74) is 5.48. The predicted octanol–water partition coefficient (Wildman–Crippen LogP) is 2.01. The van der Waals surface area contributed by atoms with Gasteiger partial charge >= 0.3 is 0 Å². The molecule has 1 atom stereocenters. The van der Waals surface area contributed by atoms with E-state index >= 15 is 0 Å². The number of halogens is 1. The molecule has 1 aromatic carbocycles. The third kappa shape index (κ3) is 4.91. The Bertz CT molecular complexity index is 607. The molecule has 0 aliphatic rings. The molecule has 9 heteroatoms. The summed E-state index contributed by atoms with van der Waals surface area (Å²) in [6.07, 6.45) is 0.494. The predicted molar refractivity (Wildman–Crippen MR) is 87.6 cm³/mol. The Kier molecular flexibility index (Phi) is 7.96. The maximum Gasteiger partial charge on any atom is 0.289 e. The Morgan fingerprint density at radius 1 is 1.32 bits per heavy atom. The maximum absolute atomic E-state index is 12.4. The van der Waals surface area contributed by atoms with Crippen molar-refractivity contribution in [2.45, 2.75) is 31.2 Å². The van der Waals surface area contributed by atoms with E-state index in [4.69, 9.17) is 5.73 Å². The summed E-state index contributed by atoms with van der Waals surface area (Å²) < 4.78 is 25.9. The highest BCUT2D eigenvalue weighted by atomic mass is 35.5. The van der Waals surface area contributed by atoms with Crippen molar-refractivity contribution in [1.29, 1.82) is 0 Å². The first-order chi connectivity index (χ1) is 9.67. The van der Waals surface area contributed by atoms with Gasteiger partial charge in [-0.3, -0.25) is 10.1 Å². The summed E-state index contributed by atoms with van der Waals surface area (Å²) in [6.45, 7) is 4.14. The molecule has 0 radical (unpaired) electrons. The zero-order valence-corrected chi connectivity index (χ0v) is 14.4. The highest BCUT2D eigenvalue weighted by Crippen LogP contribution is 2.25. The van der Waals surface area contributed by atoms with Crippen LogP contribution in [-0.2, 0) is 10.0 Å². The van der Waals surface area contributed by atoms with Crippen molar-refractivity contribution in [1.82, 2.24) is 4.31 Å². The van der Waals surface area contributed by atoms with Crippen molar-refractivity contribution in [3.63, 3.8) is 0 Å². The van der Waals surface area contributed by atoms with Crippen LogP contribution in [0.2, 0.25) is 0 Å². The number of hydrogen-bond donors (Lipinski definition) is 1. The van der Waals surface area contributed by atoms with Gasteiger partial charge in [0.25, 0.3) is 5.69 Å². The topological polar surface area (TPSA) is 107 Å². The number of nitrogens with two attached hydrogens (primary N) is 1. The molecule has 22 heavy (non-hydrogen) atoms. The molecule has 126 valence electrons. The lowest BCUT2D eigenvalue weighted by Crippen LogP contribution is -2.34. The van der Waals surface area contributed by atoms with Crippen molar-refractivity contribution in [2.24, 2.45) is 11.7 Å². The monoisotopic (exact) mass is 351 g/mol. The number of hydrogen-bond acceptors (Lipinski definition) is 5. The summed E-state index contributed by atoms with van der Waals surface area (Å²) >= 11 is 0. The van der Waals surface area contributed by atoms with E-state index < -0.39 is 20.6 Å². The standard InChI is InChI=1S/C13H21N3O4S.ClH/c1-10(2)11(14)8-9-15(3)21(19,20)13-7-5-4-6-12(13)16(17)18;/h4-7,10-11H,8-9,14H2,1-3H3;1H. The molecule has 0 heterocycles. The molecule has 0 spiro atoms. The minimum Gasteiger partial charge on any atom is -0.327 e. The molecule has 0 aliphatic heterocycles. The maximum atomic E-state index is 12.4. The highest BCUT2D eigenvalue weighted by molar-refractivity contribution is 7.89. The Hall–Kier alpha value is -1.22. The van der Waals surface area contributed by atoms with E-state index in [0.717, 1.165) is 4.31 Å². The molecule has 0 aliphatic carbocycles. The molecule has 2 N–H and O–H groups in total. The van der Waals surface area contributed by atoms with Gasteiger partial charge in [0, 0.05) is 25.7 Å². The lowest BCUT2D eigenvalue weighted by Gasteiger charge is -2.21. The lowest BCUT2D eigenvalue weighted by molar-refractivity contribution is -0.387. The van der Waals surface area contributed by atoms with Crippen LogP contribution in [0.1, 0.15) is 20.3 Å². The van der Waals surface area contributed by atoms with Gasteiger partial charge in [0.05, 0.1) is 4.92 Å². The van der Waals surface area contributed by atoms with Gasteiger partial charge in [0.15, 0.2) is 4.90 Å². The van der Waals surface area contributed by atoms with Crippen molar-refractivity contribution in [2.75, 3.05) is 13.6 Å². The van der Waals surface area contributed by atoms with Gasteiger partial charge in [0.2, 0.25) is 10.0 Å². The molecule has 0 saturated carbocycles. The molecule has 7 nitrogen and oxygen atoms in total. The van der Waals surface area contributed by atoms with Gasteiger partial charge in [-0.15, -0.1) is 12.4 Å². The summed E-state index contributed by atoms with van der Waals surface area (Å²) in [7, 11) is -2.50. The number of para-hydroxylation sites is 1. The van der Waals surface area contributed by atoms with Crippen LogP contribution in [0, 0.1) is 16.0 Å². The van der Waals surface area contributed by atoms with Crippen LogP contribution < -0.4 is 5.73 Å². The van der Waals surface area contributed by atoms with Gasteiger partial charge in [-0.1, -0.05) is 26.0 Å². The quantitative estimate of drug-likeness (QED) is 0.597. The molecule has 1 aromatic rings. The van der Waals surface area contributed by atoms with Gasteiger partial charge in [-0.25, -0.2) is 12.7 Å². The minimum absolute atomic E-state index is 0. The van der Waals surface area contributed by atoms with E-state index in [-0.39, 0.29) is 35.8 Å². The molecular weight excluding hydrogens is 330 g/mol. The highest BCUT2D eigenvalue weighted by Gasteiger charge is 2.29. The molecule has 0 aromatic heterocycles. The molecule has 0 amide bonds. The van der Waals surface area contributed by atoms with Crippen LogP contribution in [0.5, 0.6) is 0 Å². The average molecular weight is 352 g/mol. The fraction of sp³-hybridized carbons (Fsp3) is 0.538. The van der Waals surface area contributed by atoms with Crippen LogP contribution in [0.15, 0.2) is 29.2 Å².